The number of nitrogens with one attached hydrogen (secondary N) is 1. The molecule has 9 nitrogen and oxygen atoms in total. The molecule has 46 heavy (non-hydrogen) atoms. The number of hydrogen-bond donors (Lipinski definition) is 2. The SMILES string of the molecule is CC(C)(C)OC(=O)CC[C@@H](CO)NC(=O)C1=C[C@H]2OC(c3ccccc3)(c3ccccc3)O[C@H]2[C@H](OC(=O)c2ccc(I)cc2)C1. The van der Waals surface area contributed by atoms with Crippen LogP contribution >= 0.6 is 22.6 Å². The Labute approximate surface area is 282 Å². The van der Waals surface area contributed by atoms with Crippen molar-refractivity contribution in [3.63, 3.8) is 0 Å². The van der Waals surface area contributed by atoms with Crippen LogP contribution in [0.25, 0.3) is 0 Å². The van der Waals surface area contributed by atoms with Gasteiger partial charge >= 0.3 is 11.9 Å². The molecule has 0 unspecified atom stereocenters. The molecule has 2 aliphatic rings. The van der Waals surface area contributed by atoms with Gasteiger partial charge in [0.1, 0.15) is 23.9 Å². The first kappa shape index (κ1) is 33.8. The van der Waals surface area contributed by atoms with E-state index in [-0.39, 0.29) is 25.9 Å². The van der Waals surface area contributed by atoms with E-state index < -0.39 is 53.6 Å². The van der Waals surface area contributed by atoms with Crippen molar-refractivity contribution in [3.8, 4) is 0 Å². The number of esters is 2. The van der Waals surface area contributed by atoms with E-state index in [0.717, 1.165) is 14.7 Å². The van der Waals surface area contributed by atoms with Gasteiger partial charge < -0.3 is 29.4 Å². The second kappa shape index (κ2) is 14.5. The zero-order valence-electron chi connectivity index (χ0n) is 26.0. The molecule has 4 atom stereocenters. The highest BCUT2D eigenvalue weighted by molar-refractivity contribution is 14.1. The summed E-state index contributed by atoms with van der Waals surface area (Å²) in [5.74, 6) is -2.75. The Kier molecular flexibility index (Phi) is 10.6. The molecule has 10 heteroatoms. The lowest BCUT2D eigenvalue weighted by molar-refractivity contribution is -0.157. The van der Waals surface area contributed by atoms with E-state index >= 15 is 0 Å². The van der Waals surface area contributed by atoms with Crippen LogP contribution in [0.15, 0.2) is 96.6 Å². The largest absolute Gasteiger partial charge is 0.460 e. The minimum Gasteiger partial charge on any atom is -0.460 e. The molecule has 5 rings (SSSR count). The smallest absolute Gasteiger partial charge is 0.338 e. The van der Waals surface area contributed by atoms with Crippen LogP contribution in [-0.2, 0) is 34.3 Å². The molecule has 0 bridgehead atoms. The number of benzene rings is 3. The zero-order chi connectivity index (χ0) is 32.9. The molecule has 0 spiro atoms. The molecule has 1 aliphatic carbocycles. The minimum atomic E-state index is -1.32. The minimum absolute atomic E-state index is 0.0242. The number of rotatable bonds is 10. The van der Waals surface area contributed by atoms with E-state index in [4.69, 9.17) is 18.9 Å². The van der Waals surface area contributed by atoms with Crippen molar-refractivity contribution in [1.82, 2.24) is 5.32 Å². The van der Waals surface area contributed by atoms with E-state index in [1.165, 1.54) is 0 Å². The maximum Gasteiger partial charge on any atom is 0.338 e. The fourth-order valence-electron chi connectivity index (χ4n) is 5.56. The summed E-state index contributed by atoms with van der Waals surface area (Å²) < 4.78 is 25.9. The average Bonchev–Trinajstić information content (AvgIpc) is 3.44. The first-order chi connectivity index (χ1) is 22.0. The average molecular weight is 740 g/mol. The van der Waals surface area contributed by atoms with Crippen LogP contribution in [0.5, 0.6) is 0 Å². The normalized spacial score (nSPS) is 21.0. The van der Waals surface area contributed by atoms with Crippen molar-refractivity contribution < 1.29 is 38.4 Å². The van der Waals surface area contributed by atoms with Crippen molar-refractivity contribution in [2.75, 3.05) is 6.61 Å². The lowest BCUT2D eigenvalue weighted by atomic mass is 9.91. The summed E-state index contributed by atoms with van der Waals surface area (Å²) in [5, 5.41) is 12.8. The van der Waals surface area contributed by atoms with Crippen LogP contribution in [0.3, 0.4) is 0 Å². The van der Waals surface area contributed by atoms with Gasteiger partial charge in [-0.3, -0.25) is 9.59 Å². The highest BCUT2D eigenvalue weighted by atomic mass is 127. The third-order valence-electron chi connectivity index (χ3n) is 7.69. The van der Waals surface area contributed by atoms with E-state index in [1.807, 2.05) is 72.8 Å². The maximum absolute atomic E-state index is 13.6. The lowest BCUT2D eigenvalue weighted by Crippen LogP contribution is -2.45. The summed E-state index contributed by atoms with van der Waals surface area (Å²) in [6.45, 7) is 4.96. The van der Waals surface area contributed by atoms with E-state index in [9.17, 15) is 19.5 Å². The molecule has 1 saturated heterocycles. The number of halogens is 1. The summed E-state index contributed by atoms with van der Waals surface area (Å²) >= 11 is 2.16. The molecule has 0 saturated carbocycles. The number of ether oxygens (including phenoxy) is 4. The molecule has 242 valence electrons. The van der Waals surface area contributed by atoms with E-state index in [0.29, 0.717) is 11.1 Å². The number of carbonyl (C=O) groups excluding carboxylic acids is 3. The molecule has 0 aromatic heterocycles. The summed E-state index contributed by atoms with van der Waals surface area (Å²) in [7, 11) is 0. The van der Waals surface area contributed by atoms with Gasteiger partial charge in [-0.1, -0.05) is 60.7 Å². The highest BCUT2D eigenvalue weighted by Crippen LogP contribution is 2.47. The first-order valence-corrected chi connectivity index (χ1v) is 16.3. The van der Waals surface area contributed by atoms with Crippen molar-refractivity contribution in [3.05, 3.63) is 117 Å². The Bertz CT molecular complexity index is 1510. The van der Waals surface area contributed by atoms with Crippen molar-refractivity contribution >= 4 is 40.4 Å². The van der Waals surface area contributed by atoms with Crippen molar-refractivity contribution in [2.45, 2.75) is 75.8 Å². The molecule has 3 aromatic rings. The van der Waals surface area contributed by atoms with Gasteiger partial charge in [-0.05, 0) is 80.1 Å². The number of hydrogen-bond acceptors (Lipinski definition) is 8. The van der Waals surface area contributed by atoms with Gasteiger partial charge in [-0.2, -0.15) is 0 Å². The topological polar surface area (TPSA) is 120 Å². The molecule has 2 N–H and O–H groups in total. The Morgan fingerprint density at radius 1 is 0.957 bits per heavy atom. The van der Waals surface area contributed by atoms with Gasteiger partial charge in [0.25, 0.3) is 0 Å². The van der Waals surface area contributed by atoms with E-state index in [1.54, 1.807) is 39.0 Å². The summed E-state index contributed by atoms with van der Waals surface area (Å²) in [5.41, 5.74) is 1.55. The molecule has 1 amide bonds. The molecule has 1 aliphatic heterocycles. The lowest BCUT2D eigenvalue weighted by Gasteiger charge is -2.31. The Balaban J connectivity index is 1.43. The Morgan fingerprint density at radius 3 is 2.13 bits per heavy atom. The highest BCUT2D eigenvalue weighted by Gasteiger charge is 2.55. The number of fused-ring (bicyclic) bond motifs is 1. The first-order valence-electron chi connectivity index (χ1n) is 15.2. The van der Waals surface area contributed by atoms with Gasteiger partial charge in [0, 0.05) is 33.1 Å². The quantitative estimate of drug-likeness (QED) is 0.209. The van der Waals surface area contributed by atoms with Crippen LogP contribution in [0, 0.1) is 3.57 Å². The second-order valence-corrected chi connectivity index (χ2v) is 13.6. The second-order valence-electron chi connectivity index (χ2n) is 12.3. The molecular formula is C36H38INO8. The summed E-state index contributed by atoms with van der Waals surface area (Å²) in [6.07, 6.45) is -0.389. The molecule has 0 radical (unpaired) electrons. The van der Waals surface area contributed by atoms with Crippen LogP contribution < -0.4 is 5.32 Å². The molecule has 1 heterocycles. The predicted octanol–water partition coefficient (Wildman–Crippen LogP) is 5.43. The van der Waals surface area contributed by atoms with Gasteiger partial charge in [-0.15, -0.1) is 0 Å². The zero-order valence-corrected chi connectivity index (χ0v) is 28.1. The third-order valence-corrected chi connectivity index (χ3v) is 8.41. The van der Waals surface area contributed by atoms with Crippen LogP contribution in [-0.4, -0.2) is 59.5 Å². The number of carbonyl (C=O) groups is 3. The third kappa shape index (κ3) is 8.03. The van der Waals surface area contributed by atoms with Gasteiger partial charge in [-0.25, -0.2) is 4.79 Å². The predicted molar refractivity (Wildman–Crippen MR) is 179 cm³/mol. The number of amides is 1. The number of aliphatic hydroxyl groups is 1. The molecule has 3 aromatic carbocycles. The van der Waals surface area contributed by atoms with Crippen LogP contribution in [0.4, 0.5) is 0 Å². The standard InChI is InChI=1S/C36H38INO8/c1-35(2,3)45-31(40)19-18-28(22-39)38-33(41)24-20-29(43-34(42)23-14-16-27(37)17-15-23)32-30(21-24)44-36(46-32,25-10-6-4-7-11-25)26-12-8-5-9-13-26/h4-17,21,28-30,32,39H,18-20,22H2,1-3H3,(H,38,41)/t28-,29+,30+,32-/m0/s1. The molecular weight excluding hydrogens is 701 g/mol. The Morgan fingerprint density at radius 2 is 1.57 bits per heavy atom. The monoisotopic (exact) mass is 739 g/mol. The van der Waals surface area contributed by atoms with Gasteiger partial charge in [0.2, 0.25) is 11.7 Å². The van der Waals surface area contributed by atoms with E-state index in [2.05, 4.69) is 27.9 Å². The fourth-order valence-corrected chi connectivity index (χ4v) is 5.91. The number of aliphatic hydroxyl groups excluding tert-OH is 1. The summed E-state index contributed by atoms with van der Waals surface area (Å²) in [4.78, 5) is 39.2. The summed E-state index contributed by atoms with van der Waals surface area (Å²) in [6, 6.07) is 25.3. The fraction of sp³-hybridized carbons (Fsp3) is 0.361. The van der Waals surface area contributed by atoms with Gasteiger partial charge in [0.15, 0.2) is 0 Å². The van der Waals surface area contributed by atoms with Crippen LogP contribution in [0.2, 0.25) is 0 Å². The van der Waals surface area contributed by atoms with Crippen LogP contribution in [0.1, 0.15) is 61.5 Å². The van der Waals surface area contributed by atoms with Crippen molar-refractivity contribution in [2.24, 2.45) is 0 Å². The Hall–Kier alpha value is -3.58. The van der Waals surface area contributed by atoms with Crippen molar-refractivity contribution in [1.29, 1.82) is 0 Å². The molecule has 1 fully saturated rings. The maximum atomic E-state index is 13.6. The van der Waals surface area contributed by atoms with Gasteiger partial charge in [0.05, 0.1) is 18.2 Å².